The summed E-state index contributed by atoms with van der Waals surface area (Å²) < 4.78 is 18.3. The Morgan fingerprint density at radius 3 is 2.76 bits per heavy atom. The quantitative estimate of drug-likeness (QED) is 0.807. The van der Waals surface area contributed by atoms with Gasteiger partial charge in [-0.05, 0) is 30.5 Å². The Balaban J connectivity index is 2.22. The Kier molecular flexibility index (Phi) is 3.28. The van der Waals surface area contributed by atoms with Crippen LogP contribution in [0.3, 0.4) is 0 Å². The molecule has 92 valence electrons. The Morgan fingerprint density at radius 2 is 2.29 bits per heavy atom. The van der Waals surface area contributed by atoms with Gasteiger partial charge in [-0.25, -0.2) is 4.39 Å². The largest absolute Gasteiger partial charge is 0.494 e. The fourth-order valence-electron chi connectivity index (χ4n) is 1.69. The summed E-state index contributed by atoms with van der Waals surface area (Å²) in [5.41, 5.74) is 5.84. The summed E-state index contributed by atoms with van der Waals surface area (Å²) in [7, 11) is 1.39. The standard InChI is InChI=1S/C12H15FN2O2/c1-17-10-5-2-7(6-9(10)13)11(12(14)16)15-8-3-4-8/h2,5-6,8,11,15H,3-4H2,1H3,(H2,14,16). The molecule has 1 fully saturated rings. The molecule has 0 aromatic heterocycles. The monoisotopic (exact) mass is 238 g/mol. The third-order valence-corrected chi connectivity index (χ3v) is 2.77. The van der Waals surface area contributed by atoms with E-state index in [2.05, 4.69) is 5.32 Å². The number of carbonyl (C=O) groups excluding carboxylic acids is 1. The normalized spacial score (nSPS) is 16.6. The Hall–Kier alpha value is -1.62. The van der Waals surface area contributed by atoms with Gasteiger partial charge >= 0.3 is 0 Å². The van der Waals surface area contributed by atoms with E-state index < -0.39 is 17.8 Å². The van der Waals surface area contributed by atoms with Gasteiger partial charge in [-0.2, -0.15) is 0 Å². The fraction of sp³-hybridized carbons (Fsp3) is 0.417. The second-order valence-electron chi connectivity index (χ2n) is 4.17. The number of nitrogens with one attached hydrogen (secondary N) is 1. The molecule has 0 spiro atoms. The lowest BCUT2D eigenvalue weighted by molar-refractivity contribution is -0.120. The van der Waals surface area contributed by atoms with E-state index >= 15 is 0 Å². The highest BCUT2D eigenvalue weighted by molar-refractivity contribution is 5.81. The van der Waals surface area contributed by atoms with E-state index in [1.54, 1.807) is 6.07 Å². The highest BCUT2D eigenvalue weighted by Gasteiger charge is 2.28. The number of nitrogens with two attached hydrogens (primary N) is 1. The topological polar surface area (TPSA) is 64.3 Å². The molecule has 1 aliphatic rings. The zero-order valence-corrected chi connectivity index (χ0v) is 9.57. The number of methoxy groups -OCH3 is 1. The van der Waals surface area contributed by atoms with Crippen LogP contribution >= 0.6 is 0 Å². The van der Waals surface area contributed by atoms with Crippen molar-refractivity contribution in [3.05, 3.63) is 29.6 Å². The van der Waals surface area contributed by atoms with Gasteiger partial charge in [-0.15, -0.1) is 0 Å². The summed E-state index contributed by atoms with van der Waals surface area (Å²) in [5, 5.41) is 3.09. The number of amides is 1. The molecule has 1 atom stereocenters. The minimum atomic E-state index is -0.636. The average molecular weight is 238 g/mol. The number of primary amides is 1. The molecule has 1 amide bonds. The van der Waals surface area contributed by atoms with Gasteiger partial charge in [0.1, 0.15) is 6.04 Å². The maximum atomic E-state index is 13.5. The average Bonchev–Trinajstić information content (AvgIpc) is 3.09. The van der Waals surface area contributed by atoms with Crippen molar-refractivity contribution in [3.63, 3.8) is 0 Å². The molecule has 0 aliphatic heterocycles. The number of halogens is 1. The van der Waals surface area contributed by atoms with Gasteiger partial charge in [-0.1, -0.05) is 6.07 Å². The zero-order chi connectivity index (χ0) is 12.4. The lowest BCUT2D eigenvalue weighted by Gasteiger charge is -2.16. The van der Waals surface area contributed by atoms with Crippen molar-refractivity contribution in [2.45, 2.75) is 24.9 Å². The summed E-state index contributed by atoms with van der Waals surface area (Å²) in [6.45, 7) is 0. The molecule has 3 N–H and O–H groups in total. The van der Waals surface area contributed by atoms with E-state index in [4.69, 9.17) is 10.5 Å². The fourth-order valence-corrected chi connectivity index (χ4v) is 1.69. The molecule has 1 saturated carbocycles. The van der Waals surface area contributed by atoms with Gasteiger partial charge in [0.15, 0.2) is 11.6 Å². The smallest absolute Gasteiger partial charge is 0.239 e. The van der Waals surface area contributed by atoms with E-state index in [0.29, 0.717) is 11.6 Å². The van der Waals surface area contributed by atoms with Crippen LogP contribution in [0.4, 0.5) is 4.39 Å². The summed E-state index contributed by atoms with van der Waals surface area (Å²) >= 11 is 0. The Labute approximate surface area is 98.9 Å². The minimum Gasteiger partial charge on any atom is -0.494 e. The third kappa shape index (κ3) is 2.74. The Bertz CT molecular complexity index is 433. The molecular formula is C12H15FN2O2. The predicted molar refractivity (Wildman–Crippen MR) is 61.0 cm³/mol. The predicted octanol–water partition coefficient (Wildman–Crippen LogP) is 1.11. The van der Waals surface area contributed by atoms with Gasteiger partial charge in [0, 0.05) is 6.04 Å². The van der Waals surface area contributed by atoms with E-state index in [1.165, 1.54) is 19.2 Å². The van der Waals surface area contributed by atoms with Crippen molar-refractivity contribution in [2.24, 2.45) is 5.73 Å². The molecule has 2 rings (SSSR count). The number of hydrogen-bond acceptors (Lipinski definition) is 3. The molecule has 0 radical (unpaired) electrons. The van der Waals surface area contributed by atoms with Crippen LogP contribution in [-0.2, 0) is 4.79 Å². The Morgan fingerprint density at radius 1 is 1.59 bits per heavy atom. The van der Waals surface area contributed by atoms with Crippen LogP contribution in [0, 0.1) is 5.82 Å². The van der Waals surface area contributed by atoms with Crippen LogP contribution < -0.4 is 15.8 Å². The summed E-state index contributed by atoms with van der Waals surface area (Å²) in [6.07, 6.45) is 2.06. The van der Waals surface area contributed by atoms with Gasteiger partial charge in [0.25, 0.3) is 0 Å². The molecule has 1 unspecified atom stereocenters. The molecule has 1 aliphatic carbocycles. The van der Waals surface area contributed by atoms with Crippen LogP contribution in [-0.4, -0.2) is 19.1 Å². The summed E-state index contributed by atoms with van der Waals surface area (Å²) in [6, 6.07) is 4.10. The van der Waals surface area contributed by atoms with Crippen LogP contribution in [0.5, 0.6) is 5.75 Å². The summed E-state index contributed by atoms with van der Waals surface area (Å²) in [4.78, 5) is 11.3. The maximum Gasteiger partial charge on any atom is 0.239 e. The van der Waals surface area contributed by atoms with Crippen LogP contribution in [0.25, 0.3) is 0 Å². The molecule has 4 nitrogen and oxygen atoms in total. The first-order valence-electron chi connectivity index (χ1n) is 5.50. The van der Waals surface area contributed by atoms with Crippen LogP contribution in [0.2, 0.25) is 0 Å². The third-order valence-electron chi connectivity index (χ3n) is 2.77. The van der Waals surface area contributed by atoms with Crippen molar-refractivity contribution in [1.29, 1.82) is 0 Å². The van der Waals surface area contributed by atoms with E-state index in [-0.39, 0.29) is 5.75 Å². The first-order chi connectivity index (χ1) is 8.11. The van der Waals surface area contributed by atoms with Crippen molar-refractivity contribution >= 4 is 5.91 Å². The first kappa shape index (κ1) is 11.9. The number of hydrogen-bond donors (Lipinski definition) is 2. The molecule has 1 aromatic rings. The lowest BCUT2D eigenvalue weighted by Crippen LogP contribution is -2.34. The SMILES string of the molecule is COc1ccc(C(NC2CC2)C(N)=O)cc1F. The molecule has 5 heteroatoms. The van der Waals surface area contributed by atoms with Gasteiger partial charge in [0.2, 0.25) is 5.91 Å². The second kappa shape index (κ2) is 4.71. The number of benzene rings is 1. The molecule has 1 aromatic carbocycles. The van der Waals surface area contributed by atoms with Crippen molar-refractivity contribution in [1.82, 2.24) is 5.32 Å². The maximum absolute atomic E-state index is 13.5. The van der Waals surface area contributed by atoms with Gasteiger partial charge in [0.05, 0.1) is 7.11 Å². The number of ether oxygens (including phenoxy) is 1. The highest BCUT2D eigenvalue weighted by atomic mass is 19.1. The second-order valence-corrected chi connectivity index (χ2v) is 4.17. The number of carbonyl (C=O) groups is 1. The molecule has 0 heterocycles. The van der Waals surface area contributed by atoms with Gasteiger partial charge in [-0.3, -0.25) is 10.1 Å². The van der Waals surface area contributed by atoms with Gasteiger partial charge < -0.3 is 10.5 Å². The first-order valence-corrected chi connectivity index (χ1v) is 5.50. The summed E-state index contributed by atoms with van der Waals surface area (Å²) in [5.74, 6) is -0.835. The zero-order valence-electron chi connectivity index (χ0n) is 9.57. The van der Waals surface area contributed by atoms with Crippen molar-refractivity contribution in [3.8, 4) is 5.75 Å². The molecule has 0 saturated heterocycles. The molecule has 0 bridgehead atoms. The minimum absolute atomic E-state index is 0.156. The lowest BCUT2D eigenvalue weighted by atomic mass is 10.1. The molecular weight excluding hydrogens is 223 g/mol. The van der Waals surface area contributed by atoms with E-state index in [1.807, 2.05) is 0 Å². The van der Waals surface area contributed by atoms with Crippen LogP contribution in [0.1, 0.15) is 24.4 Å². The van der Waals surface area contributed by atoms with Crippen molar-refractivity contribution in [2.75, 3.05) is 7.11 Å². The van der Waals surface area contributed by atoms with Crippen molar-refractivity contribution < 1.29 is 13.9 Å². The highest BCUT2D eigenvalue weighted by Crippen LogP contribution is 2.26. The van der Waals surface area contributed by atoms with Crippen LogP contribution in [0.15, 0.2) is 18.2 Å². The molecule has 17 heavy (non-hydrogen) atoms. The number of rotatable bonds is 5. The van der Waals surface area contributed by atoms with E-state index in [9.17, 15) is 9.18 Å². The van der Waals surface area contributed by atoms with E-state index in [0.717, 1.165) is 12.8 Å².